The Morgan fingerprint density at radius 3 is 2.29 bits per heavy atom. The second-order valence-electron chi connectivity index (χ2n) is 9.97. The summed E-state index contributed by atoms with van der Waals surface area (Å²) in [5.41, 5.74) is 1.60. The lowest BCUT2D eigenvalue weighted by Gasteiger charge is -2.34. The van der Waals surface area contributed by atoms with Crippen molar-refractivity contribution in [1.82, 2.24) is 10.2 Å². The number of rotatable bonds is 12. The van der Waals surface area contributed by atoms with Crippen molar-refractivity contribution in [2.24, 2.45) is 0 Å². The van der Waals surface area contributed by atoms with Crippen LogP contribution in [0.2, 0.25) is 0 Å². The zero-order valence-corrected chi connectivity index (χ0v) is 23.4. The molecule has 0 spiro atoms. The summed E-state index contributed by atoms with van der Waals surface area (Å²) >= 11 is 0. The van der Waals surface area contributed by atoms with Crippen LogP contribution in [0.15, 0.2) is 54.6 Å². The second kappa shape index (κ2) is 13.6. The molecule has 2 aromatic rings. The van der Waals surface area contributed by atoms with Crippen molar-refractivity contribution in [3.8, 4) is 0 Å². The highest BCUT2D eigenvalue weighted by molar-refractivity contribution is 7.92. The minimum Gasteiger partial charge on any atom is -0.352 e. The van der Waals surface area contributed by atoms with Crippen LogP contribution in [0, 0.1) is 0 Å². The zero-order chi connectivity index (χ0) is 27.7. The van der Waals surface area contributed by atoms with E-state index in [9.17, 15) is 22.8 Å². The molecule has 0 aromatic heterocycles. The van der Waals surface area contributed by atoms with Gasteiger partial charge in [0.05, 0.1) is 11.9 Å². The maximum absolute atomic E-state index is 13.8. The van der Waals surface area contributed by atoms with Crippen molar-refractivity contribution < 1.29 is 22.8 Å². The van der Waals surface area contributed by atoms with Gasteiger partial charge in [-0.3, -0.25) is 18.7 Å². The standard InChI is InChI=1S/C29H39N3O5S/c1-4-27(29(35)30-25-15-9-6-10-16-25)31(19-18-23-12-7-5-8-13-23)28(34)21-32(38(3,36)37)26-17-11-14-24(20-26)22(2)33/h5,7-8,11-14,17,20,25,27H,4,6,9-10,15-16,18-19,21H2,1-3H3,(H,30,35)/t27-/m0/s1. The molecular weight excluding hydrogens is 502 g/mol. The molecule has 8 nitrogen and oxygen atoms in total. The summed E-state index contributed by atoms with van der Waals surface area (Å²) in [5, 5.41) is 3.14. The van der Waals surface area contributed by atoms with Gasteiger partial charge in [-0.1, -0.05) is 68.7 Å². The predicted octanol–water partition coefficient (Wildman–Crippen LogP) is 3.95. The third kappa shape index (κ3) is 8.15. The smallest absolute Gasteiger partial charge is 0.244 e. The highest BCUT2D eigenvalue weighted by atomic mass is 32.2. The summed E-state index contributed by atoms with van der Waals surface area (Å²) in [5.74, 6) is -0.878. The van der Waals surface area contributed by atoms with Gasteiger partial charge in [-0.2, -0.15) is 0 Å². The van der Waals surface area contributed by atoms with Crippen molar-refractivity contribution in [1.29, 1.82) is 0 Å². The van der Waals surface area contributed by atoms with Gasteiger partial charge in [0.1, 0.15) is 12.6 Å². The fraction of sp³-hybridized carbons (Fsp3) is 0.483. The summed E-state index contributed by atoms with van der Waals surface area (Å²) < 4.78 is 26.6. The average molecular weight is 542 g/mol. The van der Waals surface area contributed by atoms with E-state index >= 15 is 0 Å². The number of benzene rings is 2. The summed E-state index contributed by atoms with van der Waals surface area (Å²) in [7, 11) is -3.86. The Labute approximate surface area is 226 Å². The molecule has 1 saturated carbocycles. The molecule has 2 amide bonds. The van der Waals surface area contributed by atoms with Gasteiger partial charge in [-0.25, -0.2) is 8.42 Å². The fourth-order valence-electron chi connectivity index (χ4n) is 4.93. The Balaban J connectivity index is 1.88. The molecule has 0 saturated heterocycles. The molecule has 1 fully saturated rings. The van der Waals surface area contributed by atoms with Crippen molar-refractivity contribution >= 4 is 33.3 Å². The number of carbonyl (C=O) groups is 3. The Kier molecular flexibility index (Phi) is 10.5. The van der Waals surface area contributed by atoms with Gasteiger partial charge in [0, 0.05) is 18.2 Å². The Hall–Kier alpha value is -3.20. The van der Waals surface area contributed by atoms with Crippen LogP contribution in [0.25, 0.3) is 0 Å². The normalized spacial score (nSPS) is 14.9. The van der Waals surface area contributed by atoms with Crippen molar-refractivity contribution in [3.63, 3.8) is 0 Å². The molecule has 38 heavy (non-hydrogen) atoms. The van der Waals surface area contributed by atoms with Crippen LogP contribution >= 0.6 is 0 Å². The van der Waals surface area contributed by atoms with Gasteiger partial charge in [0.2, 0.25) is 21.8 Å². The van der Waals surface area contributed by atoms with Crippen LogP contribution in [0.1, 0.15) is 68.3 Å². The largest absolute Gasteiger partial charge is 0.352 e. The average Bonchev–Trinajstić information content (AvgIpc) is 2.90. The molecule has 0 radical (unpaired) electrons. The van der Waals surface area contributed by atoms with E-state index < -0.39 is 28.5 Å². The maximum atomic E-state index is 13.8. The Bertz CT molecular complexity index is 1210. The highest BCUT2D eigenvalue weighted by Gasteiger charge is 2.32. The molecule has 0 aliphatic heterocycles. The minimum absolute atomic E-state index is 0.0956. The van der Waals surface area contributed by atoms with Crippen LogP contribution < -0.4 is 9.62 Å². The lowest BCUT2D eigenvalue weighted by Crippen LogP contribution is -2.54. The minimum atomic E-state index is -3.86. The first-order valence-corrected chi connectivity index (χ1v) is 15.2. The van der Waals surface area contributed by atoms with Crippen molar-refractivity contribution in [2.75, 3.05) is 23.7 Å². The van der Waals surface area contributed by atoms with Gasteiger partial charge < -0.3 is 10.2 Å². The first kappa shape index (κ1) is 29.4. The summed E-state index contributed by atoms with van der Waals surface area (Å²) in [6.45, 7) is 3.06. The molecule has 9 heteroatoms. The van der Waals surface area contributed by atoms with Gasteiger partial charge in [-0.15, -0.1) is 0 Å². The highest BCUT2D eigenvalue weighted by Crippen LogP contribution is 2.22. The van der Waals surface area contributed by atoms with E-state index in [1.807, 2.05) is 37.3 Å². The first-order chi connectivity index (χ1) is 18.1. The molecule has 0 unspecified atom stereocenters. The molecule has 1 aliphatic rings. The number of amides is 2. The number of anilines is 1. The third-order valence-corrected chi connectivity index (χ3v) is 8.18. The molecular formula is C29H39N3O5S. The number of Topliss-reactive ketones (excluding diaryl/α,β-unsaturated/α-hetero) is 1. The van der Waals surface area contributed by atoms with E-state index in [0.29, 0.717) is 18.4 Å². The molecule has 0 bridgehead atoms. The van der Waals surface area contributed by atoms with E-state index in [-0.39, 0.29) is 30.0 Å². The molecule has 1 N–H and O–H groups in total. The number of hydrogen-bond donors (Lipinski definition) is 1. The lowest BCUT2D eigenvalue weighted by molar-refractivity contribution is -0.140. The molecule has 2 aromatic carbocycles. The van der Waals surface area contributed by atoms with E-state index in [0.717, 1.165) is 48.2 Å². The van der Waals surface area contributed by atoms with E-state index in [2.05, 4.69) is 5.32 Å². The van der Waals surface area contributed by atoms with E-state index in [1.54, 1.807) is 18.2 Å². The van der Waals surface area contributed by atoms with E-state index in [4.69, 9.17) is 0 Å². The van der Waals surface area contributed by atoms with Gasteiger partial charge in [0.15, 0.2) is 5.78 Å². The van der Waals surface area contributed by atoms with Gasteiger partial charge in [0.25, 0.3) is 0 Å². The zero-order valence-electron chi connectivity index (χ0n) is 22.6. The van der Waals surface area contributed by atoms with Crippen LogP contribution in [-0.2, 0) is 26.0 Å². The maximum Gasteiger partial charge on any atom is 0.244 e. The Morgan fingerprint density at radius 2 is 1.68 bits per heavy atom. The SMILES string of the molecule is CC[C@@H](C(=O)NC1CCCCC1)N(CCc1ccccc1)C(=O)CN(c1cccc(C(C)=O)c1)S(C)(=O)=O. The molecule has 206 valence electrons. The van der Waals surface area contributed by atoms with Crippen molar-refractivity contribution in [2.45, 2.75) is 70.9 Å². The fourth-order valence-corrected chi connectivity index (χ4v) is 5.78. The monoisotopic (exact) mass is 541 g/mol. The molecule has 1 atom stereocenters. The number of ketones is 1. The Morgan fingerprint density at radius 1 is 1.00 bits per heavy atom. The molecule has 3 rings (SSSR count). The third-order valence-electron chi connectivity index (χ3n) is 7.04. The summed E-state index contributed by atoms with van der Waals surface area (Å²) in [4.78, 5) is 40.6. The number of nitrogens with zero attached hydrogens (tertiary/aromatic N) is 2. The quantitative estimate of drug-likeness (QED) is 0.410. The lowest BCUT2D eigenvalue weighted by atomic mass is 9.95. The molecule has 1 aliphatic carbocycles. The summed E-state index contributed by atoms with van der Waals surface area (Å²) in [6, 6.07) is 15.3. The second-order valence-corrected chi connectivity index (χ2v) is 11.9. The topological polar surface area (TPSA) is 104 Å². The predicted molar refractivity (Wildman–Crippen MR) is 150 cm³/mol. The van der Waals surface area contributed by atoms with Crippen molar-refractivity contribution in [3.05, 3.63) is 65.7 Å². The van der Waals surface area contributed by atoms with Gasteiger partial charge in [-0.05, 0) is 50.3 Å². The van der Waals surface area contributed by atoms with Crippen LogP contribution in [0.4, 0.5) is 5.69 Å². The number of nitrogens with one attached hydrogen (secondary N) is 1. The molecule has 0 heterocycles. The van der Waals surface area contributed by atoms with E-state index in [1.165, 1.54) is 17.9 Å². The number of carbonyl (C=O) groups excluding carboxylic acids is 3. The number of hydrogen-bond acceptors (Lipinski definition) is 5. The number of sulfonamides is 1. The van der Waals surface area contributed by atoms with Crippen LogP contribution in [0.5, 0.6) is 0 Å². The van der Waals surface area contributed by atoms with Gasteiger partial charge >= 0.3 is 0 Å². The first-order valence-electron chi connectivity index (χ1n) is 13.3. The van der Waals surface area contributed by atoms with Crippen LogP contribution in [-0.4, -0.2) is 62.3 Å². The van der Waals surface area contributed by atoms with Crippen LogP contribution in [0.3, 0.4) is 0 Å². The summed E-state index contributed by atoms with van der Waals surface area (Å²) in [6.07, 6.45) is 7.11.